The summed E-state index contributed by atoms with van der Waals surface area (Å²) in [6.45, 7) is 10.1. The Bertz CT molecular complexity index is 391. The molecule has 1 rings (SSSR count). The van der Waals surface area contributed by atoms with E-state index in [4.69, 9.17) is 0 Å². The molecule has 1 N–H and O–H groups in total. The lowest BCUT2D eigenvalue weighted by molar-refractivity contribution is 0.299. The first-order chi connectivity index (χ1) is 9.52. The first-order valence-corrected chi connectivity index (χ1v) is 7.69. The van der Waals surface area contributed by atoms with Gasteiger partial charge in [0.15, 0.2) is 0 Å². The summed E-state index contributed by atoms with van der Waals surface area (Å²) in [6, 6.07) is 5.45. The predicted octanol–water partition coefficient (Wildman–Crippen LogP) is 3.80. The Labute approximate surface area is 123 Å². The normalized spacial score (nSPS) is 11.6. The second-order valence-corrected chi connectivity index (χ2v) is 6.02. The standard InChI is InChI=1S/C17H29FN2/c1-5-9-19-12-15-6-7-17(18)16(11-15)13-20(4)10-8-14(2)3/h6-7,11,14,19H,5,8-10,12-13H2,1-4H3. The minimum Gasteiger partial charge on any atom is -0.313 e. The molecule has 0 unspecified atom stereocenters. The summed E-state index contributed by atoms with van der Waals surface area (Å²) in [7, 11) is 2.06. The Hall–Kier alpha value is -0.930. The minimum absolute atomic E-state index is 0.0966. The quantitative estimate of drug-likeness (QED) is 0.692. The molecule has 0 aliphatic carbocycles. The van der Waals surface area contributed by atoms with Crippen LogP contribution in [0.25, 0.3) is 0 Å². The highest BCUT2D eigenvalue weighted by molar-refractivity contribution is 5.25. The average Bonchev–Trinajstić information content (AvgIpc) is 2.40. The third kappa shape index (κ3) is 6.49. The maximum absolute atomic E-state index is 13.9. The van der Waals surface area contributed by atoms with Gasteiger partial charge in [-0.05, 0) is 50.5 Å². The van der Waals surface area contributed by atoms with Gasteiger partial charge in [-0.15, -0.1) is 0 Å². The fourth-order valence-corrected chi connectivity index (χ4v) is 2.12. The number of hydrogen-bond donors (Lipinski definition) is 1. The topological polar surface area (TPSA) is 15.3 Å². The summed E-state index contributed by atoms with van der Waals surface area (Å²) in [5.41, 5.74) is 1.96. The van der Waals surface area contributed by atoms with Crippen LogP contribution in [0.15, 0.2) is 18.2 Å². The van der Waals surface area contributed by atoms with Crippen molar-refractivity contribution in [2.75, 3.05) is 20.1 Å². The number of nitrogens with zero attached hydrogens (tertiary/aromatic N) is 1. The van der Waals surface area contributed by atoms with Crippen molar-refractivity contribution < 1.29 is 4.39 Å². The minimum atomic E-state index is -0.0966. The van der Waals surface area contributed by atoms with E-state index in [1.165, 1.54) is 0 Å². The molecule has 0 aliphatic rings. The van der Waals surface area contributed by atoms with Crippen LogP contribution < -0.4 is 5.32 Å². The second-order valence-electron chi connectivity index (χ2n) is 6.02. The monoisotopic (exact) mass is 280 g/mol. The summed E-state index contributed by atoms with van der Waals surface area (Å²) >= 11 is 0. The number of nitrogens with one attached hydrogen (secondary N) is 1. The third-order valence-corrected chi connectivity index (χ3v) is 3.39. The zero-order valence-corrected chi connectivity index (χ0v) is 13.4. The SMILES string of the molecule is CCCNCc1ccc(F)c(CN(C)CCC(C)C)c1. The zero-order chi connectivity index (χ0) is 15.0. The molecule has 0 saturated carbocycles. The molecule has 3 heteroatoms. The van der Waals surface area contributed by atoms with E-state index in [0.717, 1.165) is 43.6 Å². The van der Waals surface area contributed by atoms with E-state index in [1.807, 2.05) is 12.1 Å². The molecule has 0 amide bonds. The van der Waals surface area contributed by atoms with Gasteiger partial charge in [0.2, 0.25) is 0 Å². The van der Waals surface area contributed by atoms with Crippen LogP contribution in [0.4, 0.5) is 4.39 Å². The summed E-state index contributed by atoms with van der Waals surface area (Å²) in [6.07, 6.45) is 2.27. The van der Waals surface area contributed by atoms with Gasteiger partial charge in [0.1, 0.15) is 5.82 Å². The molecule has 0 saturated heterocycles. The molecule has 0 spiro atoms. The van der Waals surface area contributed by atoms with Crippen LogP contribution in [-0.4, -0.2) is 25.0 Å². The van der Waals surface area contributed by atoms with Gasteiger partial charge in [0.05, 0.1) is 0 Å². The fourth-order valence-electron chi connectivity index (χ4n) is 2.12. The summed E-state index contributed by atoms with van der Waals surface area (Å²) in [4.78, 5) is 2.20. The van der Waals surface area contributed by atoms with Crippen molar-refractivity contribution >= 4 is 0 Å². The predicted molar refractivity (Wildman–Crippen MR) is 84.2 cm³/mol. The molecular formula is C17H29FN2. The molecule has 0 aliphatic heterocycles. The molecule has 1 aromatic rings. The van der Waals surface area contributed by atoms with E-state index in [2.05, 4.69) is 38.0 Å². The van der Waals surface area contributed by atoms with Gasteiger partial charge in [-0.2, -0.15) is 0 Å². The van der Waals surface area contributed by atoms with Crippen LogP contribution in [0.3, 0.4) is 0 Å². The lowest BCUT2D eigenvalue weighted by Gasteiger charge is -2.18. The van der Waals surface area contributed by atoms with Crippen LogP contribution >= 0.6 is 0 Å². The molecule has 2 nitrogen and oxygen atoms in total. The lowest BCUT2D eigenvalue weighted by atomic mass is 10.1. The first-order valence-electron chi connectivity index (χ1n) is 7.69. The van der Waals surface area contributed by atoms with Crippen molar-refractivity contribution in [3.05, 3.63) is 35.1 Å². The summed E-state index contributed by atoms with van der Waals surface area (Å²) in [5.74, 6) is 0.590. The smallest absolute Gasteiger partial charge is 0.127 e. The number of rotatable bonds is 9. The van der Waals surface area contributed by atoms with Gasteiger partial charge < -0.3 is 10.2 Å². The maximum Gasteiger partial charge on any atom is 0.127 e. The highest BCUT2D eigenvalue weighted by atomic mass is 19.1. The van der Waals surface area contributed by atoms with E-state index in [0.29, 0.717) is 12.5 Å². The van der Waals surface area contributed by atoms with Crippen LogP contribution in [0.5, 0.6) is 0 Å². The van der Waals surface area contributed by atoms with Gasteiger partial charge >= 0.3 is 0 Å². The fraction of sp³-hybridized carbons (Fsp3) is 0.647. The Morgan fingerprint density at radius 3 is 2.70 bits per heavy atom. The number of benzene rings is 1. The van der Waals surface area contributed by atoms with Crippen molar-refractivity contribution in [1.29, 1.82) is 0 Å². The molecule has 0 fully saturated rings. The molecule has 0 atom stereocenters. The largest absolute Gasteiger partial charge is 0.313 e. The number of halogens is 1. The molecule has 20 heavy (non-hydrogen) atoms. The first kappa shape index (κ1) is 17.1. The van der Waals surface area contributed by atoms with Gasteiger partial charge in [-0.3, -0.25) is 0 Å². The van der Waals surface area contributed by atoms with Gasteiger partial charge in [-0.1, -0.05) is 32.9 Å². The highest BCUT2D eigenvalue weighted by Crippen LogP contribution is 2.13. The van der Waals surface area contributed by atoms with Crippen molar-refractivity contribution in [1.82, 2.24) is 10.2 Å². The van der Waals surface area contributed by atoms with Crippen molar-refractivity contribution in [3.63, 3.8) is 0 Å². The summed E-state index contributed by atoms with van der Waals surface area (Å²) in [5, 5.41) is 3.36. The van der Waals surface area contributed by atoms with Crippen molar-refractivity contribution in [2.45, 2.75) is 46.7 Å². The molecule has 1 aromatic carbocycles. The van der Waals surface area contributed by atoms with Crippen molar-refractivity contribution in [2.24, 2.45) is 5.92 Å². The third-order valence-electron chi connectivity index (χ3n) is 3.39. The van der Waals surface area contributed by atoms with Crippen molar-refractivity contribution in [3.8, 4) is 0 Å². The van der Waals surface area contributed by atoms with Crippen LogP contribution in [0.2, 0.25) is 0 Å². The van der Waals surface area contributed by atoms with E-state index in [-0.39, 0.29) is 5.82 Å². The molecule has 0 heterocycles. The second kappa shape index (κ2) is 9.09. The van der Waals surface area contributed by atoms with Gasteiger partial charge in [-0.25, -0.2) is 4.39 Å². The molecule has 0 aromatic heterocycles. The molecule has 0 radical (unpaired) electrons. The van der Waals surface area contributed by atoms with Crippen LogP contribution in [0.1, 0.15) is 44.7 Å². The zero-order valence-electron chi connectivity index (χ0n) is 13.4. The number of hydrogen-bond acceptors (Lipinski definition) is 2. The highest BCUT2D eigenvalue weighted by Gasteiger charge is 2.07. The Balaban J connectivity index is 2.56. The molecule has 0 bridgehead atoms. The summed E-state index contributed by atoms with van der Waals surface area (Å²) < 4.78 is 13.9. The average molecular weight is 280 g/mol. The van der Waals surface area contributed by atoms with Gasteiger partial charge in [0.25, 0.3) is 0 Å². The van der Waals surface area contributed by atoms with E-state index < -0.39 is 0 Å². The molecule has 114 valence electrons. The Kier molecular flexibility index (Phi) is 7.78. The van der Waals surface area contributed by atoms with E-state index in [9.17, 15) is 4.39 Å². The van der Waals surface area contributed by atoms with E-state index >= 15 is 0 Å². The van der Waals surface area contributed by atoms with Crippen LogP contribution in [0, 0.1) is 11.7 Å². The van der Waals surface area contributed by atoms with Gasteiger partial charge in [0, 0.05) is 18.7 Å². The van der Waals surface area contributed by atoms with E-state index in [1.54, 1.807) is 6.07 Å². The maximum atomic E-state index is 13.9. The lowest BCUT2D eigenvalue weighted by Crippen LogP contribution is -2.21. The Morgan fingerprint density at radius 1 is 1.30 bits per heavy atom. The van der Waals surface area contributed by atoms with Crippen LogP contribution in [-0.2, 0) is 13.1 Å². The Morgan fingerprint density at radius 2 is 2.05 bits per heavy atom. The molecular weight excluding hydrogens is 251 g/mol.